The van der Waals surface area contributed by atoms with Crippen LogP contribution < -0.4 is 13.8 Å². The zero-order chi connectivity index (χ0) is 21.6. The number of sulfonamides is 1. The maximum Gasteiger partial charge on any atom is 0.246 e. The summed E-state index contributed by atoms with van der Waals surface area (Å²) < 4.78 is 36.6. The molecule has 0 aliphatic rings. The molecule has 2 aromatic rings. The smallest absolute Gasteiger partial charge is 0.246 e. The van der Waals surface area contributed by atoms with Crippen LogP contribution in [0.3, 0.4) is 0 Å². The average Bonchev–Trinajstić information content (AvgIpc) is 2.68. The molecular formula is C21H28N2O5S. The zero-order valence-corrected chi connectivity index (χ0v) is 18.3. The van der Waals surface area contributed by atoms with Gasteiger partial charge in [0.1, 0.15) is 17.5 Å². The molecule has 29 heavy (non-hydrogen) atoms. The molecule has 0 aromatic heterocycles. The number of methoxy groups -OCH3 is 1. The second kappa shape index (κ2) is 9.65. The molecule has 0 spiro atoms. The third-order valence-corrected chi connectivity index (χ3v) is 5.67. The van der Waals surface area contributed by atoms with Crippen molar-refractivity contribution in [2.75, 3.05) is 31.3 Å². The predicted octanol–water partition coefficient (Wildman–Crippen LogP) is 2.91. The molecule has 1 atom stereocenters. The molecular weight excluding hydrogens is 392 g/mol. The number of carbonyl (C=O) groups excluding carboxylic acids is 1. The molecule has 0 aliphatic heterocycles. The monoisotopic (exact) mass is 420 g/mol. The lowest BCUT2D eigenvalue weighted by atomic mass is 10.2. The van der Waals surface area contributed by atoms with Crippen LogP contribution >= 0.6 is 0 Å². The Morgan fingerprint density at radius 2 is 1.59 bits per heavy atom. The van der Waals surface area contributed by atoms with Crippen LogP contribution in [0.4, 0.5) is 5.69 Å². The molecule has 0 aliphatic carbocycles. The van der Waals surface area contributed by atoms with E-state index in [1.807, 2.05) is 31.2 Å². The van der Waals surface area contributed by atoms with Crippen LogP contribution in [-0.4, -0.2) is 52.3 Å². The first-order chi connectivity index (χ1) is 13.7. The molecule has 0 saturated heterocycles. The second-order valence-electron chi connectivity index (χ2n) is 6.70. The maximum absolute atomic E-state index is 13.0. The lowest BCUT2D eigenvalue weighted by molar-refractivity contribution is -0.131. The van der Waals surface area contributed by atoms with E-state index < -0.39 is 16.1 Å². The minimum Gasteiger partial charge on any atom is -0.497 e. The van der Waals surface area contributed by atoms with Gasteiger partial charge in [-0.05, 0) is 55.8 Å². The fourth-order valence-corrected chi connectivity index (χ4v) is 4.23. The van der Waals surface area contributed by atoms with Crippen molar-refractivity contribution in [1.82, 2.24) is 4.90 Å². The largest absolute Gasteiger partial charge is 0.497 e. The van der Waals surface area contributed by atoms with Gasteiger partial charge < -0.3 is 14.4 Å². The fourth-order valence-electron chi connectivity index (χ4n) is 3.06. The highest BCUT2D eigenvalue weighted by Crippen LogP contribution is 2.25. The number of hydrogen-bond donors (Lipinski definition) is 0. The van der Waals surface area contributed by atoms with E-state index in [2.05, 4.69) is 0 Å². The van der Waals surface area contributed by atoms with Crippen LogP contribution in [0.15, 0.2) is 48.5 Å². The van der Waals surface area contributed by atoms with Crippen molar-refractivity contribution < 1.29 is 22.7 Å². The minimum absolute atomic E-state index is 0.305. The van der Waals surface area contributed by atoms with Gasteiger partial charge in [0.25, 0.3) is 0 Å². The fraction of sp³-hybridized carbons (Fsp3) is 0.381. The topological polar surface area (TPSA) is 76.2 Å². The Hall–Kier alpha value is -2.74. The highest BCUT2D eigenvalue weighted by molar-refractivity contribution is 7.92. The normalized spacial score (nSPS) is 12.2. The van der Waals surface area contributed by atoms with Gasteiger partial charge in [-0.2, -0.15) is 0 Å². The standard InChI is InChI=1S/C21H28N2O5S/c1-6-28-20-13-9-18(10-14-20)23(29(5,25)26)16(2)21(24)22(3)15-17-7-11-19(27-4)12-8-17/h7-14,16H,6,15H2,1-5H3/t16-/m1/s1. The molecule has 7 nitrogen and oxygen atoms in total. The summed E-state index contributed by atoms with van der Waals surface area (Å²) in [4.78, 5) is 14.5. The summed E-state index contributed by atoms with van der Waals surface area (Å²) >= 11 is 0. The Labute approximate surface area is 172 Å². The minimum atomic E-state index is -3.67. The van der Waals surface area contributed by atoms with Crippen LogP contribution in [0.2, 0.25) is 0 Å². The van der Waals surface area contributed by atoms with Crippen molar-refractivity contribution in [3.05, 3.63) is 54.1 Å². The molecule has 8 heteroatoms. The highest BCUT2D eigenvalue weighted by atomic mass is 32.2. The second-order valence-corrected chi connectivity index (χ2v) is 8.56. The Morgan fingerprint density at radius 1 is 1.03 bits per heavy atom. The number of rotatable bonds is 9. The van der Waals surface area contributed by atoms with Crippen LogP contribution in [0.5, 0.6) is 11.5 Å². The van der Waals surface area contributed by atoms with Crippen molar-refractivity contribution in [3.8, 4) is 11.5 Å². The number of nitrogens with zero attached hydrogens (tertiary/aromatic N) is 2. The summed E-state index contributed by atoms with van der Waals surface area (Å²) in [5, 5.41) is 0. The lowest BCUT2D eigenvalue weighted by Gasteiger charge is -2.31. The Kier molecular flexibility index (Phi) is 7.50. The first kappa shape index (κ1) is 22.5. The van der Waals surface area contributed by atoms with Gasteiger partial charge in [0.15, 0.2) is 0 Å². The summed E-state index contributed by atoms with van der Waals surface area (Å²) in [6.45, 7) is 4.33. The first-order valence-electron chi connectivity index (χ1n) is 9.27. The quantitative estimate of drug-likeness (QED) is 0.623. The van der Waals surface area contributed by atoms with Crippen LogP contribution in [0.25, 0.3) is 0 Å². The van der Waals surface area contributed by atoms with E-state index in [1.165, 1.54) is 4.90 Å². The molecule has 158 valence electrons. The van der Waals surface area contributed by atoms with Crippen molar-refractivity contribution in [3.63, 3.8) is 0 Å². The van der Waals surface area contributed by atoms with Crippen molar-refractivity contribution in [2.24, 2.45) is 0 Å². The number of benzene rings is 2. The molecule has 1 amide bonds. The number of ether oxygens (including phenoxy) is 2. The number of likely N-dealkylation sites (N-methyl/N-ethyl adjacent to an activating group) is 1. The third-order valence-electron chi connectivity index (χ3n) is 4.42. The van der Waals surface area contributed by atoms with Crippen LogP contribution in [-0.2, 0) is 21.4 Å². The van der Waals surface area contributed by atoms with E-state index in [9.17, 15) is 13.2 Å². The summed E-state index contributed by atoms with van der Waals surface area (Å²) in [5.41, 5.74) is 1.33. The molecule has 0 N–H and O–H groups in total. The van der Waals surface area contributed by atoms with Gasteiger partial charge in [0, 0.05) is 13.6 Å². The number of anilines is 1. The van der Waals surface area contributed by atoms with Gasteiger partial charge in [0.05, 0.1) is 25.7 Å². The van der Waals surface area contributed by atoms with Gasteiger partial charge in [-0.25, -0.2) is 8.42 Å². The van der Waals surface area contributed by atoms with Gasteiger partial charge in [-0.1, -0.05) is 12.1 Å². The molecule has 0 bridgehead atoms. The zero-order valence-electron chi connectivity index (χ0n) is 17.5. The Balaban J connectivity index is 2.20. The van der Waals surface area contributed by atoms with Gasteiger partial charge >= 0.3 is 0 Å². The molecule has 0 radical (unpaired) electrons. The third kappa shape index (κ3) is 5.87. The van der Waals surface area contributed by atoms with Gasteiger partial charge in [-0.3, -0.25) is 9.10 Å². The van der Waals surface area contributed by atoms with E-state index in [1.54, 1.807) is 45.3 Å². The summed E-state index contributed by atoms with van der Waals surface area (Å²) in [5.74, 6) is 1.07. The van der Waals surface area contributed by atoms with Crippen molar-refractivity contribution >= 4 is 21.6 Å². The van der Waals surface area contributed by atoms with E-state index >= 15 is 0 Å². The van der Waals surface area contributed by atoms with Gasteiger partial charge in [-0.15, -0.1) is 0 Å². The van der Waals surface area contributed by atoms with E-state index in [4.69, 9.17) is 9.47 Å². The van der Waals surface area contributed by atoms with Crippen molar-refractivity contribution in [2.45, 2.75) is 26.4 Å². The Morgan fingerprint density at radius 3 is 2.07 bits per heavy atom. The van der Waals surface area contributed by atoms with E-state index in [0.717, 1.165) is 21.9 Å². The molecule has 0 heterocycles. The molecule has 2 aromatic carbocycles. The number of hydrogen-bond acceptors (Lipinski definition) is 5. The number of amides is 1. The van der Waals surface area contributed by atoms with Gasteiger partial charge in [0.2, 0.25) is 15.9 Å². The van der Waals surface area contributed by atoms with Crippen molar-refractivity contribution in [1.29, 1.82) is 0 Å². The summed E-state index contributed by atoms with van der Waals surface area (Å²) in [7, 11) is -0.429. The predicted molar refractivity (Wildman–Crippen MR) is 114 cm³/mol. The molecule has 0 unspecified atom stereocenters. The summed E-state index contributed by atoms with van der Waals surface area (Å²) in [6, 6.07) is 13.1. The average molecular weight is 421 g/mol. The SMILES string of the molecule is CCOc1ccc(N([C@H](C)C(=O)N(C)Cc2ccc(OC)cc2)S(C)(=O)=O)cc1. The number of carbonyl (C=O) groups is 1. The molecule has 2 rings (SSSR count). The Bertz CT molecular complexity index is 911. The first-order valence-corrected chi connectivity index (χ1v) is 11.1. The molecule has 0 saturated carbocycles. The maximum atomic E-state index is 13.0. The van der Waals surface area contributed by atoms with Crippen LogP contribution in [0, 0.1) is 0 Å². The highest BCUT2D eigenvalue weighted by Gasteiger charge is 2.31. The van der Waals surface area contributed by atoms with E-state index in [0.29, 0.717) is 24.6 Å². The molecule has 0 fully saturated rings. The summed E-state index contributed by atoms with van der Waals surface area (Å²) in [6.07, 6.45) is 1.09. The van der Waals surface area contributed by atoms with Crippen LogP contribution in [0.1, 0.15) is 19.4 Å². The van der Waals surface area contributed by atoms with E-state index in [-0.39, 0.29) is 5.91 Å². The lowest BCUT2D eigenvalue weighted by Crippen LogP contribution is -2.48.